The Morgan fingerprint density at radius 2 is 2.10 bits per heavy atom. The molecule has 1 atom stereocenters. The van der Waals surface area contributed by atoms with Gasteiger partial charge in [-0.1, -0.05) is 19.1 Å². The van der Waals surface area contributed by atoms with Crippen LogP contribution in [0.15, 0.2) is 29.2 Å². The molecule has 0 aromatic heterocycles. The van der Waals surface area contributed by atoms with Crippen LogP contribution >= 0.6 is 11.8 Å². The zero-order chi connectivity index (χ0) is 15.5. The zero-order valence-electron chi connectivity index (χ0n) is 12.8. The molecular weight excluding hydrogens is 304 g/mol. The Hall–Kier alpha value is -0.560. The Bertz CT molecular complexity index is 583. The second-order valence-corrected chi connectivity index (χ2v) is 8.60. The van der Waals surface area contributed by atoms with Crippen molar-refractivity contribution in [2.75, 3.05) is 19.3 Å². The molecule has 0 aliphatic heterocycles. The molecule has 6 heteroatoms. The maximum atomic E-state index is 12.4. The van der Waals surface area contributed by atoms with Gasteiger partial charge in [0.1, 0.15) is 0 Å². The molecule has 1 aromatic carbocycles. The minimum Gasteiger partial charge on any atom is -0.310 e. The van der Waals surface area contributed by atoms with Gasteiger partial charge in [-0.05, 0) is 50.3 Å². The fraction of sp³-hybridized carbons (Fsp3) is 0.600. The van der Waals surface area contributed by atoms with E-state index in [4.69, 9.17) is 0 Å². The van der Waals surface area contributed by atoms with Crippen LogP contribution in [0.4, 0.5) is 0 Å². The molecular formula is C15H24N2O2S2. The van der Waals surface area contributed by atoms with Gasteiger partial charge in [-0.25, -0.2) is 13.1 Å². The summed E-state index contributed by atoms with van der Waals surface area (Å²) in [6.07, 6.45) is 4.22. The molecule has 21 heavy (non-hydrogen) atoms. The molecule has 0 amide bonds. The van der Waals surface area contributed by atoms with Gasteiger partial charge in [0, 0.05) is 17.3 Å². The van der Waals surface area contributed by atoms with Gasteiger partial charge in [-0.15, -0.1) is 0 Å². The van der Waals surface area contributed by atoms with Crippen LogP contribution < -0.4 is 10.0 Å². The quantitative estimate of drug-likeness (QED) is 0.770. The fourth-order valence-electron chi connectivity index (χ4n) is 2.28. The average Bonchev–Trinajstić information content (AvgIpc) is 3.26. The van der Waals surface area contributed by atoms with Gasteiger partial charge in [0.25, 0.3) is 0 Å². The topological polar surface area (TPSA) is 58.2 Å². The molecule has 0 heterocycles. The molecule has 2 N–H and O–H groups in total. The highest BCUT2D eigenvalue weighted by molar-refractivity contribution is 8.00. The van der Waals surface area contributed by atoms with Gasteiger partial charge >= 0.3 is 0 Å². The molecule has 4 nitrogen and oxygen atoms in total. The van der Waals surface area contributed by atoms with Gasteiger partial charge in [0.15, 0.2) is 0 Å². The maximum absolute atomic E-state index is 12.4. The van der Waals surface area contributed by atoms with Crippen molar-refractivity contribution in [3.05, 3.63) is 29.8 Å². The van der Waals surface area contributed by atoms with E-state index in [-0.39, 0.29) is 10.8 Å². The average molecular weight is 329 g/mol. The van der Waals surface area contributed by atoms with E-state index in [0.29, 0.717) is 11.4 Å². The second kappa shape index (κ2) is 6.69. The monoisotopic (exact) mass is 328 g/mol. The first kappa shape index (κ1) is 16.8. The van der Waals surface area contributed by atoms with Crippen molar-refractivity contribution in [2.45, 2.75) is 42.4 Å². The molecule has 1 unspecified atom stereocenters. The van der Waals surface area contributed by atoms with Crippen molar-refractivity contribution < 1.29 is 8.42 Å². The molecule has 1 fully saturated rings. The summed E-state index contributed by atoms with van der Waals surface area (Å²) >= 11 is 1.75. The van der Waals surface area contributed by atoms with Crippen LogP contribution in [0.5, 0.6) is 0 Å². The molecule has 1 aliphatic rings. The highest BCUT2D eigenvalue weighted by atomic mass is 32.2. The van der Waals surface area contributed by atoms with E-state index in [9.17, 15) is 8.42 Å². The summed E-state index contributed by atoms with van der Waals surface area (Å²) < 4.78 is 27.7. The Kier molecular flexibility index (Phi) is 5.35. The summed E-state index contributed by atoms with van der Waals surface area (Å²) in [5.74, 6) is 0. The van der Waals surface area contributed by atoms with E-state index < -0.39 is 10.0 Å². The van der Waals surface area contributed by atoms with Gasteiger partial charge in [-0.3, -0.25) is 0 Å². The fourth-order valence-corrected chi connectivity index (χ4v) is 4.28. The van der Waals surface area contributed by atoms with Crippen LogP contribution in [-0.4, -0.2) is 32.5 Å². The third-order valence-electron chi connectivity index (χ3n) is 4.00. The number of hydrogen-bond acceptors (Lipinski definition) is 4. The number of nitrogens with one attached hydrogen (secondary N) is 2. The van der Waals surface area contributed by atoms with E-state index in [1.165, 1.54) is 0 Å². The van der Waals surface area contributed by atoms with Crippen molar-refractivity contribution in [3.8, 4) is 0 Å². The third kappa shape index (κ3) is 4.22. The molecule has 0 bridgehead atoms. The smallest absolute Gasteiger partial charge is 0.240 e. The molecule has 2 rings (SSSR count). The number of thioether (sulfide) groups is 1. The molecule has 1 aliphatic carbocycles. The lowest BCUT2D eigenvalue weighted by Crippen LogP contribution is -2.31. The normalized spacial score (nSPS) is 18.4. The Morgan fingerprint density at radius 1 is 1.38 bits per heavy atom. The van der Waals surface area contributed by atoms with E-state index in [0.717, 1.165) is 24.9 Å². The van der Waals surface area contributed by atoms with Crippen LogP contribution in [0, 0.1) is 0 Å². The molecule has 118 valence electrons. The summed E-state index contributed by atoms with van der Waals surface area (Å²) in [4.78, 5) is 0.349. The molecule has 1 aromatic rings. The van der Waals surface area contributed by atoms with Crippen molar-refractivity contribution in [3.63, 3.8) is 0 Å². The third-order valence-corrected chi connectivity index (χ3v) is 6.82. The van der Waals surface area contributed by atoms with Crippen molar-refractivity contribution >= 4 is 21.8 Å². The summed E-state index contributed by atoms with van der Waals surface area (Å²) in [7, 11) is -3.43. The number of sulfonamides is 1. The molecule has 0 spiro atoms. The van der Waals surface area contributed by atoms with E-state index in [1.54, 1.807) is 30.0 Å². The van der Waals surface area contributed by atoms with Gasteiger partial charge in [0.05, 0.1) is 4.90 Å². The highest BCUT2D eigenvalue weighted by Gasteiger charge is 2.42. The molecule has 0 radical (unpaired) electrons. The Morgan fingerprint density at radius 3 is 2.67 bits per heavy atom. The Balaban J connectivity index is 2.10. The van der Waals surface area contributed by atoms with Crippen molar-refractivity contribution in [1.29, 1.82) is 0 Å². The van der Waals surface area contributed by atoms with Crippen LogP contribution in [-0.2, 0) is 10.0 Å². The predicted octanol–water partition coefficient (Wildman–Crippen LogP) is 2.53. The van der Waals surface area contributed by atoms with Crippen LogP contribution in [0.1, 0.15) is 38.3 Å². The van der Waals surface area contributed by atoms with Crippen LogP contribution in [0.2, 0.25) is 0 Å². The van der Waals surface area contributed by atoms with Crippen LogP contribution in [0.3, 0.4) is 0 Å². The lowest BCUT2D eigenvalue weighted by Gasteiger charge is -2.16. The predicted molar refractivity (Wildman–Crippen MR) is 89.2 cm³/mol. The molecule has 0 saturated heterocycles. The Labute approximate surface area is 132 Å². The van der Waals surface area contributed by atoms with Gasteiger partial charge in [-0.2, -0.15) is 11.8 Å². The van der Waals surface area contributed by atoms with Crippen LogP contribution in [0.25, 0.3) is 0 Å². The second-order valence-electron chi connectivity index (χ2n) is 5.56. The molecule has 1 saturated carbocycles. The summed E-state index contributed by atoms with van der Waals surface area (Å²) in [5, 5.41) is 3.30. The van der Waals surface area contributed by atoms with Crippen molar-refractivity contribution in [2.24, 2.45) is 0 Å². The minimum atomic E-state index is -3.43. The largest absolute Gasteiger partial charge is 0.310 e. The standard InChI is InChI=1S/C15H24N2O2S2/c1-4-16-12(2)13-6-5-7-14(10-13)21(18,19)17-11-15(20-3)8-9-15/h5-7,10,12,16-17H,4,8-9,11H2,1-3H3. The number of benzene rings is 1. The lowest BCUT2D eigenvalue weighted by molar-refractivity contribution is 0.577. The van der Waals surface area contributed by atoms with Crippen molar-refractivity contribution in [1.82, 2.24) is 10.0 Å². The van der Waals surface area contributed by atoms with Gasteiger partial charge in [0.2, 0.25) is 10.0 Å². The summed E-state index contributed by atoms with van der Waals surface area (Å²) in [5.41, 5.74) is 0.991. The summed E-state index contributed by atoms with van der Waals surface area (Å²) in [6, 6.07) is 7.32. The van der Waals surface area contributed by atoms with E-state index in [1.807, 2.05) is 26.2 Å². The summed E-state index contributed by atoms with van der Waals surface area (Å²) in [6.45, 7) is 5.45. The van der Waals surface area contributed by atoms with E-state index in [2.05, 4.69) is 10.0 Å². The zero-order valence-corrected chi connectivity index (χ0v) is 14.5. The lowest BCUT2D eigenvalue weighted by atomic mass is 10.1. The first-order valence-corrected chi connectivity index (χ1v) is 10.0. The first-order chi connectivity index (χ1) is 9.92. The SMILES string of the molecule is CCNC(C)c1cccc(S(=O)(=O)NCC2(SC)CC2)c1. The first-order valence-electron chi connectivity index (χ1n) is 7.30. The maximum Gasteiger partial charge on any atom is 0.240 e. The number of hydrogen-bond donors (Lipinski definition) is 2. The number of rotatable bonds is 8. The van der Waals surface area contributed by atoms with Gasteiger partial charge < -0.3 is 5.32 Å². The minimum absolute atomic E-state index is 0.127. The highest BCUT2D eigenvalue weighted by Crippen LogP contribution is 2.46. The van der Waals surface area contributed by atoms with E-state index >= 15 is 0 Å².